The van der Waals surface area contributed by atoms with Gasteiger partial charge in [0.2, 0.25) is 5.28 Å². The zero-order valence-electron chi connectivity index (χ0n) is 9.74. The fourth-order valence-electron chi connectivity index (χ4n) is 1.97. The molecule has 0 aliphatic rings. The minimum Gasteiger partial charge on any atom is -0.354 e. The van der Waals surface area contributed by atoms with Crippen molar-refractivity contribution in [1.82, 2.24) is 15.1 Å². The number of hydrogen-bond acceptors (Lipinski definition) is 4. The van der Waals surface area contributed by atoms with Crippen molar-refractivity contribution >= 4 is 45.1 Å². The summed E-state index contributed by atoms with van der Waals surface area (Å²) in [5.41, 5.74) is 2.09. The van der Waals surface area contributed by atoms with E-state index in [1.54, 1.807) is 12.3 Å². The number of rotatable bonds is 1. The molecule has 2 aromatic heterocycles. The van der Waals surface area contributed by atoms with Crippen LogP contribution in [0, 0.1) is 0 Å². The fraction of sp³-hybridized carbons (Fsp3) is 0.250. The fourth-order valence-corrected chi connectivity index (χ4v) is 2.35. The van der Waals surface area contributed by atoms with E-state index in [1.165, 1.54) is 0 Å². The molecule has 6 heteroatoms. The zero-order valence-corrected chi connectivity index (χ0v) is 11.2. The molecule has 0 amide bonds. The van der Waals surface area contributed by atoms with Crippen molar-refractivity contribution in [3.63, 3.8) is 0 Å². The molecule has 0 aliphatic carbocycles. The molecule has 0 unspecified atom stereocenters. The van der Waals surface area contributed by atoms with Gasteiger partial charge in [0.1, 0.15) is 0 Å². The van der Waals surface area contributed by atoms with Crippen molar-refractivity contribution < 1.29 is 4.52 Å². The third kappa shape index (κ3) is 1.64. The molecule has 0 bridgehead atoms. The molecule has 0 spiro atoms. The maximum Gasteiger partial charge on any atom is 0.222 e. The van der Waals surface area contributed by atoms with Crippen molar-refractivity contribution in [2.45, 2.75) is 19.8 Å². The van der Waals surface area contributed by atoms with Crippen LogP contribution in [-0.2, 0) is 0 Å². The van der Waals surface area contributed by atoms with Crippen LogP contribution in [0.3, 0.4) is 0 Å². The van der Waals surface area contributed by atoms with E-state index in [2.05, 4.69) is 15.1 Å². The normalized spacial score (nSPS) is 11.8. The van der Waals surface area contributed by atoms with E-state index >= 15 is 0 Å². The third-order valence-electron chi connectivity index (χ3n) is 2.79. The number of fused-ring (bicyclic) bond motifs is 3. The number of hydrogen-bond donors (Lipinski definition) is 0. The third-order valence-corrected chi connectivity index (χ3v) is 3.25. The zero-order chi connectivity index (χ0) is 12.9. The smallest absolute Gasteiger partial charge is 0.222 e. The van der Waals surface area contributed by atoms with E-state index < -0.39 is 0 Å². The molecule has 1 aromatic carbocycles. The highest BCUT2D eigenvalue weighted by Crippen LogP contribution is 2.35. The van der Waals surface area contributed by atoms with Crippen LogP contribution in [0.1, 0.15) is 25.5 Å². The Kier molecular flexibility index (Phi) is 2.64. The van der Waals surface area contributed by atoms with Crippen LogP contribution in [0.5, 0.6) is 0 Å². The molecule has 4 nitrogen and oxygen atoms in total. The lowest BCUT2D eigenvalue weighted by Crippen LogP contribution is -1.91. The van der Waals surface area contributed by atoms with Crippen LogP contribution < -0.4 is 0 Å². The molecule has 18 heavy (non-hydrogen) atoms. The number of benzene rings is 1. The van der Waals surface area contributed by atoms with Crippen molar-refractivity contribution in [3.8, 4) is 0 Å². The molecule has 0 radical (unpaired) electrons. The number of nitrogens with zero attached hydrogens (tertiary/aromatic N) is 3. The molecule has 0 aliphatic heterocycles. The van der Waals surface area contributed by atoms with E-state index in [0.29, 0.717) is 10.6 Å². The lowest BCUT2D eigenvalue weighted by Gasteiger charge is -2.03. The van der Waals surface area contributed by atoms with Crippen LogP contribution in [0.25, 0.3) is 21.9 Å². The van der Waals surface area contributed by atoms with E-state index in [1.807, 2.05) is 13.8 Å². The summed E-state index contributed by atoms with van der Waals surface area (Å²) >= 11 is 12.0. The number of halogens is 2. The van der Waals surface area contributed by atoms with Crippen LogP contribution in [0.2, 0.25) is 10.3 Å². The van der Waals surface area contributed by atoms with E-state index in [9.17, 15) is 0 Å². The summed E-state index contributed by atoms with van der Waals surface area (Å²) in [4.78, 5) is 8.21. The highest BCUT2D eigenvalue weighted by molar-refractivity contribution is 6.36. The van der Waals surface area contributed by atoms with Crippen molar-refractivity contribution in [2.75, 3.05) is 0 Å². The molecule has 0 atom stereocenters. The minimum absolute atomic E-state index is 0.196. The summed E-state index contributed by atoms with van der Waals surface area (Å²) in [6.45, 7) is 4.07. The van der Waals surface area contributed by atoms with Gasteiger partial charge in [0, 0.05) is 11.6 Å². The molecule has 3 aromatic rings. The van der Waals surface area contributed by atoms with Crippen molar-refractivity contribution in [1.29, 1.82) is 0 Å². The molecule has 0 fully saturated rings. The van der Waals surface area contributed by atoms with Gasteiger partial charge < -0.3 is 4.52 Å². The van der Waals surface area contributed by atoms with Gasteiger partial charge >= 0.3 is 0 Å². The van der Waals surface area contributed by atoms with Gasteiger partial charge in [0.15, 0.2) is 5.58 Å². The largest absolute Gasteiger partial charge is 0.354 e. The van der Waals surface area contributed by atoms with Crippen LogP contribution in [0.15, 0.2) is 16.8 Å². The first kappa shape index (κ1) is 11.7. The first-order chi connectivity index (χ1) is 8.58. The predicted octanol–water partition coefficient (Wildman–Crippen LogP) is 4.20. The molecule has 0 saturated carbocycles. The van der Waals surface area contributed by atoms with Gasteiger partial charge in [-0.15, -0.1) is 0 Å². The topological polar surface area (TPSA) is 51.8 Å². The second-order valence-corrected chi connectivity index (χ2v) is 5.11. The van der Waals surface area contributed by atoms with E-state index in [4.69, 9.17) is 27.7 Å². The molecule has 0 saturated heterocycles. The number of aromatic nitrogens is 3. The van der Waals surface area contributed by atoms with Gasteiger partial charge in [-0.2, -0.15) is 0 Å². The van der Waals surface area contributed by atoms with Gasteiger partial charge in [0.05, 0.1) is 21.6 Å². The monoisotopic (exact) mass is 281 g/mol. The summed E-state index contributed by atoms with van der Waals surface area (Å²) in [5, 5.41) is 6.41. The average Bonchev–Trinajstić information content (AvgIpc) is 2.76. The Morgan fingerprint density at radius 3 is 2.78 bits per heavy atom. The summed E-state index contributed by atoms with van der Waals surface area (Å²) in [5.74, 6) is 0.210. The Bertz CT molecular complexity index is 752. The molecule has 2 heterocycles. The first-order valence-corrected chi connectivity index (χ1v) is 6.23. The quantitative estimate of drug-likeness (QED) is 0.627. The van der Waals surface area contributed by atoms with Crippen molar-refractivity contribution in [2.24, 2.45) is 0 Å². The lowest BCUT2D eigenvalue weighted by molar-refractivity contribution is 0.441. The van der Waals surface area contributed by atoms with Crippen LogP contribution in [-0.4, -0.2) is 15.1 Å². The Hall–Kier alpha value is -1.39. The summed E-state index contributed by atoms with van der Waals surface area (Å²) in [7, 11) is 0. The van der Waals surface area contributed by atoms with Crippen LogP contribution in [0.4, 0.5) is 0 Å². The molecule has 92 valence electrons. The van der Waals surface area contributed by atoms with E-state index in [0.717, 1.165) is 22.0 Å². The molecular weight excluding hydrogens is 273 g/mol. The highest BCUT2D eigenvalue weighted by Gasteiger charge is 2.18. The Labute approximate surface area is 113 Å². The Balaban J connectivity index is 2.56. The van der Waals surface area contributed by atoms with Crippen LogP contribution >= 0.6 is 23.2 Å². The van der Waals surface area contributed by atoms with Gasteiger partial charge in [-0.3, -0.25) is 0 Å². The molecular formula is C12H9Cl2N3O. The van der Waals surface area contributed by atoms with Gasteiger partial charge in [-0.05, 0) is 23.6 Å². The summed E-state index contributed by atoms with van der Waals surface area (Å²) in [6.07, 6.45) is 1.65. The standard InChI is InChI=1S/C12H9Cl2N3O/c1-5(2)9-8-10-6(4-15-12(14)16-10)3-7(13)11(8)18-17-9/h3-5H,1-2H3. The molecule has 3 rings (SSSR count). The lowest BCUT2D eigenvalue weighted by atomic mass is 10.0. The minimum atomic E-state index is 0.196. The maximum atomic E-state index is 6.17. The van der Waals surface area contributed by atoms with Gasteiger partial charge in [0.25, 0.3) is 0 Å². The Morgan fingerprint density at radius 1 is 1.28 bits per heavy atom. The van der Waals surface area contributed by atoms with Crippen molar-refractivity contribution in [3.05, 3.63) is 28.3 Å². The van der Waals surface area contributed by atoms with E-state index in [-0.39, 0.29) is 11.2 Å². The summed E-state index contributed by atoms with van der Waals surface area (Å²) in [6, 6.07) is 1.75. The SMILES string of the molecule is CC(C)c1noc2c(Cl)cc3cnc(Cl)nc3c12. The van der Waals surface area contributed by atoms with Gasteiger partial charge in [-0.25, -0.2) is 9.97 Å². The maximum absolute atomic E-state index is 6.17. The second kappa shape index (κ2) is 4.07. The first-order valence-electron chi connectivity index (χ1n) is 5.48. The second-order valence-electron chi connectivity index (χ2n) is 4.36. The Morgan fingerprint density at radius 2 is 2.06 bits per heavy atom. The molecule has 0 N–H and O–H groups in total. The predicted molar refractivity (Wildman–Crippen MR) is 71.2 cm³/mol. The summed E-state index contributed by atoms with van der Waals surface area (Å²) < 4.78 is 5.30. The average molecular weight is 282 g/mol. The highest BCUT2D eigenvalue weighted by atomic mass is 35.5. The van der Waals surface area contributed by atoms with Gasteiger partial charge in [-0.1, -0.05) is 30.6 Å².